The Morgan fingerprint density at radius 2 is 1.39 bits per heavy atom. The standard InChI is InChI=1S/C25H21BrO2/c26-24(16-8-2-1-3-9-16)25(27)28-15-17-14-22-18-10-4-6-12-20(18)23(17)21-13-7-5-11-19(21)22/h1-13,17,22-24H,14-15H2/t17-,22?,23?,24-/m0/s1. The van der Waals surface area contributed by atoms with Gasteiger partial charge < -0.3 is 4.74 Å². The number of hydrogen-bond acceptors (Lipinski definition) is 2. The number of carbonyl (C=O) groups is 1. The molecule has 28 heavy (non-hydrogen) atoms. The number of ether oxygens (including phenoxy) is 1. The molecule has 140 valence electrons. The van der Waals surface area contributed by atoms with Crippen LogP contribution in [0.4, 0.5) is 0 Å². The molecule has 2 nitrogen and oxygen atoms in total. The first kappa shape index (κ1) is 17.7. The lowest BCUT2D eigenvalue weighted by atomic mass is 9.59. The second-order valence-electron chi connectivity index (χ2n) is 7.69. The molecule has 3 heteroatoms. The number of rotatable bonds is 4. The Bertz CT molecular complexity index is 966. The monoisotopic (exact) mass is 432 g/mol. The van der Waals surface area contributed by atoms with E-state index in [4.69, 9.17) is 4.74 Å². The minimum absolute atomic E-state index is 0.214. The summed E-state index contributed by atoms with van der Waals surface area (Å²) in [5.41, 5.74) is 6.61. The van der Waals surface area contributed by atoms with Crippen LogP contribution < -0.4 is 0 Å². The van der Waals surface area contributed by atoms with Crippen molar-refractivity contribution >= 4 is 21.9 Å². The van der Waals surface area contributed by atoms with Gasteiger partial charge in [0.15, 0.2) is 0 Å². The molecule has 0 unspecified atom stereocenters. The Hall–Kier alpha value is -2.39. The van der Waals surface area contributed by atoms with E-state index < -0.39 is 4.83 Å². The number of hydrogen-bond donors (Lipinski definition) is 0. The van der Waals surface area contributed by atoms with E-state index in [9.17, 15) is 4.79 Å². The number of esters is 1. The first-order valence-electron chi connectivity index (χ1n) is 9.77. The van der Waals surface area contributed by atoms with Gasteiger partial charge >= 0.3 is 5.97 Å². The fraction of sp³-hybridized carbons (Fsp3) is 0.240. The van der Waals surface area contributed by atoms with E-state index in [-0.39, 0.29) is 5.97 Å². The molecule has 0 saturated heterocycles. The van der Waals surface area contributed by atoms with Crippen molar-refractivity contribution in [1.29, 1.82) is 0 Å². The van der Waals surface area contributed by atoms with Gasteiger partial charge in [0.05, 0.1) is 6.61 Å². The molecule has 2 bridgehead atoms. The molecule has 3 aliphatic carbocycles. The van der Waals surface area contributed by atoms with Crippen LogP contribution in [0.1, 0.15) is 50.9 Å². The van der Waals surface area contributed by atoms with Crippen LogP contribution in [0.3, 0.4) is 0 Å². The zero-order chi connectivity index (χ0) is 19.1. The number of carbonyl (C=O) groups excluding carboxylic acids is 1. The summed E-state index contributed by atoms with van der Waals surface area (Å²) >= 11 is 3.49. The van der Waals surface area contributed by atoms with Gasteiger partial charge in [-0.2, -0.15) is 0 Å². The first-order valence-corrected chi connectivity index (χ1v) is 10.7. The lowest BCUT2D eigenvalue weighted by molar-refractivity contribution is -0.144. The summed E-state index contributed by atoms with van der Waals surface area (Å²) in [5, 5.41) is 0. The zero-order valence-corrected chi connectivity index (χ0v) is 17.0. The third-order valence-corrected chi connectivity index (χ3v) is 7.06. The van der Waals surface area contributed by atoms with Crippen LogP contribution in [0.15, 0.2) is 78.9 Å². The third kappa shape index (κ3) is 2.89. The first-order chi connectivity index (χ1) is 13.7. The van der Waals surface area contributed by atoms with Crippen LogP contribution in [-0.2, 0) is 9.53 Å². The van der Waals surface area contributed by atoms with Crippen molar-refractivity contribution in [2.45, 2.75) is 23.1 Å². The van der Waals surface area contributed by atoms with Gasteiger partial charge in [0.1, 0.15) is 4.83 Å². The zero-order valence-electron chi connectivity index (χ0n) is 15.4. The van der Waals surface area contributed by atoms with Crippen molar-refractivity contribution in [2.75, 3.05) is 6.61 Å². The molecule has 0 N–H and O–H groups in total. The van der Waals surface area contributed by atoms with Gasteiger partial charge in [-0.1, -0.05) is 94.8 Å². The highest BCUT2D eigenvalue weighted by atomic mass is 79.9. The van der Waals surface area contributed by atoms with E-state index in [1.807, 2.05) is 30.3 Å². The highest BCUT2D eigenvalue weighted by molar-refractivity contribution is 9.09. The van der Waals surface area contributed by atoms with Crippen molar-refractivity contribution in [1.82, 2.24) is 0 Å². The summed E-state index contributed by atoms with van der Waals surface area (Å²) in [6.07, 6.45) is 1.03. The molecule has 0 amide bonds. The fourth-order valence-electron chi connectivity index (χ4n) is 4.94. The van der Waals surface area contributed by atoms with Gasteiger partial charge in [-0.3, -0.25) is 4.79 Å². The minimum atomic E-state index is -0.422. The average molecular weight is 433 g/mol. The van der Waals surface area contributed by atoms with Crippen molar-refractivity contribution in [2.24, 2.45) is 5.92 Å². The summed E-state index contributed by atoms with van der Waals surface area (Å²) in [5.74, 6) is 0.800. The molecule has 3 aliphatic rings. The van der Waals surface area contributed by atoms with Crippen molar-refractivity contribution in [3.63, 3.8) is 0 Å². The molecule has 0 spiro atoms. The van der Waals surface area contributed by atoms with Gasteiger partial charge in [-0.15, -0.1) is 0 Å². The predicted octanol–water partition coefficient (Wildman–Crippen LogP) is 5.96. The molecule has 0 radical (unpaired) electrons. The SMILES string of the molecule is O=C(OC[C@@H]1CC2c3ccccc3C1c1ccccc12)[C@@H](Br)c1ccccc1. The number of fused-ring (bicyclic) bond motifs is 1. The van der Waals surface area contributed by atoms with Crippen molar-refractivity contribution < 1.29 is 9.53 Å². The highest BCUT2D eigenvalue weighted by Crippen LogP contribution is 2.55. The van der Waals surface area contributed by atoms with Crippen LogP contribution in [0.5, 0.6) is 0 Å². The molecule has 6 rings (SSSR count). The van der Waals surface area contributed by atoms with Crippen LogP contribution in [0.2, 0.25) is 0 Å². The molecule has 0 fully saturated rings. The topological polar surface area (TPSA) is 26.3 Å². The summed E-state index contributed by atoms with van der Waals surface area (Å²) in [4.78, 5) is 12.2. The van der Waals surface area contributed by atoms with E-state index in [2.05, 4.69) is 64.5 Å². The quantitative estimate of drug-likeness (QED) is 0.375. The van der Waals surface area contributed by atoms with Gasteiger partial charge in [0, 0.05) is 17.8 Å². The number of alkyl halides is 1. The molecule has 2 atom stereocenters. The Kier molecular flexibility index (Phi) is 4.56. The molecular weight excluding hydrogens is 412 g/mol. The molecule has 0 saturated carbocycles. The summed E-state index contributed by atoms with van der Waals surface area (Å²) in [6, 6.07) is 27.2. The molecule has 0 aliphatic heterocycles. The smallest absolute Gasteiger partial charge is 0.324 e. The second kappa shape index (κ2) is 7.21. The summed E-state index contributed by atoms with van der Waals surface area (Å²) in [6.45, 7) is 0.456. The maximum Gasteiger partial charge on any atom is 0.324 e. The van der Waals surface area contributed by atoms with Crippen LogP contribution >= 0.6 is 15.9 Å². The molecule has 0 heterocycles. The van der Waals surface area contributed by atoms with Crippen molar-refractivity contribution in [3.05, 3.63) is 107 Å². The van der Waals surface area contributed by atoms with E-state index in [1.54, 1.807) is 0 Å². The van der Waals surface area contributed by atoms with E-state index in [0.29, 0.717) is 24.4 Å². The lowest BCUT2D eigenvalue weighted by Crippen LogP contribution is -2.35. The molecule has 3 aromatic carbocycles. The normalized spacial score (nSPS) is 22.8. The van der Waals surface area contributed by atoms with Crippen LogP contribution in [0, 0.1) is 5.92 Å². The fourth-order valence-corrected chi connectivity index (χ4v) is 5.38. The van der Waals surface area contributed by atoms with Gasteiger partial charge in [-0.25, -0.2) is 0 Å². The van der Waals surface area contributed by atoms with Crippen LogP contribution in [0.25, 0.3) is 0 Å². The third-order valence-electron chi connectivity index (χ3n) is 6.16. The molecule has 0 aromatic heterocycles. The average Bonchev–Trinajstić information content (AvgIpc) is 2.77. The van der Waals surface area contributed by atoms with E-state index in [1.165, 1.54) is 22.3 Å². The highest BCUT2D eigenvalue weighted by Gasteiger charge is 2.43. The molecule has 3 aromatic rings. The molecular formula is C25H21BrO2. The van der Waals surface area contributed by atoms with Gasteiger partial charge in [0.25, 0.3) is 0 Å². The Balaban J connectivity index is 1.38. The summed E-state index contributed by atoms with van der Waals surface area (Å²) < 4.78 is 5.79. The Morgan fingerprint density at radius 1 is 0.857 bits per heavy atom. The number of halogens is 1. The van der Waals surface area contributed by atoms with Gasteiger partial charge in [-0.05, 0) is 34.2 Å². The predicted molar refractivity (Wildman–Crippen MR) is 114 cm³/mol. The Morgan fingerprint density at radius 3 is 2.00 bits per heavy atom. The largest absolute Gasteiger partial charge is 0.464 e. The van der Waals surface area contributed by atoms with E-state index in [0.717, 1.165) is 12.0 Å². The Labute approximate surface area is 173 Å². The van der Waals surface area contributed by atoms with Crippen LogP contribution in [-0.4, -0.2) is 12.6 Å². The maximum absolute atomic E-state index is 12.6. The van der Waals surface area contributed by atoms with Gasteiger partial charge in [0.2, 0.25) is 0 Å². The second-order valence-corrected chi connectivity index (χ2v) is 8.60. The maximum atomic E-state index is 12.6. The summed E-state index contributed by atoms with van der Waals surface area (Å²) in [7, 11) is 0. The van der Waals surface area contributed by atoms with E-state index >= 15 is 0 Å². The lowest BCUT2D eigenvalue weighted by Gasteiger charge is -2.45. The number of benzene rings is 3. The minimum Gasteiger partial charge on any atom is -0.464 e. The van der Waals surface area contributed by atoms with Crippen molar-refractivity contribution in [3.8, 4) is 0 Å².